The molecule has 26 heavy (non-hydrogen) atoms. The normalized spacial score (nSPS) is 10.9. The van der Waals surface area contributed by atoms with Crippen LogP contribution in [0.25, 0.3) is 11.1 Å². The molecule has 0 unspecified atom stereocenters. The van der Waals surface area contributed by atoms with Crippen molar-refractivity contribution in [3.05, 3.63) is 90.3 Å². The quantitative estimate of drug-likeness (QED) is 0.206. The van der Waals surface area contributed by atoms with Crippen molar-refractivity contribution in [2.75, 3.05) is 0 Å². The van der Waals surface area contributed by atoms with Gasteiger partial charge in [-0.2, -0.15) is 11.6 Å². The Labute approximate surface area is 172 Å². The predicted octanol–water partition coefficient (Wildman–Crippen LogP) is 6.60. The average molecular weight is 523 g/mol. The Kier molecular flexibility index (Phi) is 10.1. The molecule has 1 nitrogen and oxygen atoms in total. The first-order valence-corrected chi connectivity index (χ1v) is 9.13. The van der Waals surface area contributed by atoms with E-state index in [9.17, 15) is 0 Å². The van der Waals surface area contributed by atoms with Gasteiger partial charge in [0.05, 0.1) is 0 Å². The predicted molar refractivity (Wildman–Crippen MR) is 109 cm³/mol. The maximum atomic E-state index is 6.21. The number of rotatable bonds is 9. The van der Waals surface area contributed by atoms with Gasteiger partial charge >= 0.3 is 0 Å². The number of pyridine rings is 1. The summed E-state index contributed by atoms with van der Waals surface area (Å²) in [6, 6.07) is 12.7. The number of benzene rings is 1. The molecule has 1 heterocycles. The van der Waals surface area contributed by atoms with Crippen LogP contribution in [0.15, 0.2) is 61.3 Å². The Morgan fingerprint density at radius 2 is 1.81 bits per heavy atom. The molecule has 0 spiro atoms. The first-order chi connectivity index (χ1) is 12.1. The molecule has 2 rings (SSSR count). The minimum Gasteiger partial charge on any atom is -0.320 e. The maximum Gasteiger partial charge on any atom is 0.0153 e. The van der Waals surface area contributed by atoms with Gasteiger partial charge in [-0.15, -0.1) is 0 Å². The van der Waals surface area contributed by atoms with E-state index in [1.54, 1.807) is 0 Å². The van der Waals surface area contributed by atoms with Crippen LogP contribution in [0.2, 0.25) is 0 Å². The van der Waals surface area contributed by atoms with E-state index in [2.05, 4.69) is 42.8 Å². The minimum absolute atomic E-state index is 0. The third-order valence-corrected chi connectivity index (χ3v) is 4.34. The SMILES string of the molecule is [CH-]=C(/C=C(\C=C)c1ccc(CCCCCC)cc1)c1ccc(C)cn1.[Ir]. The number of aryl methyl sites for hydroxylation is 2. The van der Waals surface area contributed by atoms with E-state index in [-0.39, 0.29) is 20.1 Å². The van der Waals surface area contributed by atoms with E-state index in [0.717, 1.165) is 28.8 Å². The molecule has 139 valence electrons. The minimum atomic E-state index is 0. The molecule has 0 saturated carbocycles. The summed E-state index contributed by atoms with van der Waals surface area (Å²) in [4.78, 5) is 4.38. The van der Waals surface area contributed by atoms with Gasteiger partial charge in [0.2, 0.25) is 0 Å². The summed E-state index contributed by atoms with van der Waals surface area (Å²) in [5.74, 6) is 0. The van der Waals surface area contributed by atoms with E-state index < -0.39 is 0 Å². The Morgan fingerprint density at radius 1 is 1.08 bits per heavy atom. The first-order valence-electron chi connectivity index (χ1n) is 9.13. The fourth-order valence-electron chi connectivity index (χ4n) is 2.76. The van der Waals surface area contributed by atoms with E-state index in [1.807, 2.05) is 37.4 Å². The Hall–Kier alpha value is -1.76. The van der Waals surface area contributed by atoms with Gasteiger partial charge in [-0.05, 0) is 42.1 Å². The Balaban J connectivity index is 0.00000338. The molecule has 0 saturated heterocycles. The number of unbranched alkanes of at least 4 members (excludes halogenated alkanes) is 3. The summed E-state index contributed by atoms with van der Waals surface area (Å²) >= 11 is 0. The Bertz CT molecular complexity index is 724. The summed E-state index contributed by atoms with van der Waals surface area (Å²) < 4.78 is 0. The maximum absolute atomic E-state index is 6.21. The number of nitrogens with zero attached hydrogens (tertiary/aromatic N) is 1. The van der Waals surface area contributed by atoms with Crippen molar-refractivity contribution < 1.29 is 20.1 Å². The van der Waals surface area contributed by atoms with Gasteiger partial charge < -0.3 is 4.98 Å². The van der Waals surface area contributed by atoms with Crippen LogP contribution in [0.1, 0.15) is 55.0 Å². The molecule has 0 aliphatic rings. The van der Waals surface area contributed by atoms with Crippen molar-refractivity contribution in [2.24, 2.45) is 0 Å². The molecule has 0 aliphatic heterocycles. The number of hydrogen-bond donors (Lipinski definition) is 0. The average Bonchev–Trinajstić information content (AvgIpc) is 2.64. The van der Waals surface area contributed by atoms with Crippen LogP contribution < -0.4 is 0 Å². The molecule has 0 fully saturated rings. The van der Waals surface area contributed by atoms with Crippen LogP contribution in [-0.2, 0) is 26.5 Å². The van der Waals surface area contributed by atoms with Crippen molar-refractivity contribution >= 4 is 11.1 Å². The van der Waals surface area contributed by atoms with Gasteiger partial charge in [0.25, 0.3) is 0 Å². The van der Waals surface area contributed by atoms with E-state index in [1.165, 1.54) is 31.2 Å². The van der Waals surface area contributed by atoms with Crippen molar-refractivity contribution in [3.8, 4) is 0 Å². The van der Waals surface area contributed by atoms with E-state index in [4.69, 9.17) is 6.58 Å². The van der Waals surface area contributed by atoms with E-state index in [0.29, 0.717) is 5.57 Å². The standard InChI is InChI=1S/C24H28N.Ir/c1-5-7-8-9-10-21-12-14-23(15-13-21)22(6-2)17-20(4)24-16-11-19(3)18-25-24;/h4,6,11-18H,2,5,7-10H2,1,3H3;/q-1;/b22-17+;. The fourth-order valence-corrected chi connectivity index (χ4v) is 2.76. The van der Waals surface area contributed by atoms with Gasteiger partial charge in [0.15, 0.2) is 0 Å². The summed E-state index contributed by atoms with van der Waals surface area (Å²) in [5, 5.41) is 0. The summed E-state index contributed by atoms with van der Waals surface area (Å²) in [6.07, 6.45) is 11.9. The molecule has 0 bridgehead atoms. The largest absolute Gasteiger partial charge is 0.320 e. The summed E-state index contributed by atoms with van der Waals surface area (Å²) in [5.41, 5.74) is 6.09. The molecule has 1 aromatic carbocycles. The van der Waals surface area contributed by atoms with Crippen LogP contribution in [-0.4, -0.2) is 4.98 Å². The third-order valence-electron chi connectivity index (χ3n) is 4.34. The van der Waals surface area contributed by atoms with Crippen LogP contribution in [0.5, 0.6) is 0 Å². The molecule has 0 N–H and O–H groups in total. The van der Waals surface area contributed by atoms with Crippen molar-refractivity contribution in [2.45, 2.75) is 46.0 Å². The molecule has 0 aliphatic carbocycles. The number of aromatic nitrogens is 1. The van der Waals surface area contributed by atoms with Gasteiger partial charge in [-0.25, -0.2) is 6.58 Å². The van der Waals surface area contributed by atoms with Gasteiger partial charge in [-0.3, -0.25) is 0 Å². The molecular formula is C24H28IrN-. The number of allylic oxidation sites excluding steroid dienone is 4. The van der Waals surface area contributed by atoms with Crippen LogP contribution in [0, 0.1) is 13.5 Å². The summed E-state index contributed by atoms with van der Waals surface area (Å²) in [7, 11) is 0. The van der Waals surface area contributed by atoms with Gasteiger partial charge in [0, 0.05) is 26.3 Å². The van der Waals surface area contributed by atoms with Crippen molar-refractivity contribution in [3.63, 3.8) is 0 Å². The zero-order valence-electron chi connectivity index (χ0n) is 15.8. The fraction of sp³-hybridized carbons (Fsp3) is 0.292. The second-order valence-corrected chi connectivity index (χ2v) is 6.49. The molecule has 1 aromatic heterocycles. The second kappa shape index (κ2) is 11.8. The molecule has 1 radical (unpaired) electrons. The van der Waals surface area contributed by atoms with E-state index >= 15 is 0 Å². The zero-order valence-corrected chi connectivity index (χ0v) is 18.2. The van der Waals surface area contributed by atoms with Crippen molar-refractivity contribution in [1.29, 1.82) is 0 Å². The van der Waals surface area contributed by atoms with Crippen LogP contribution in [0.4, 0.5) is 0 Å². The Morgan fingerprint density at radius 3 is 2.38 bits per heavy atom. The molecule has 0 amide bonds. The molecule has 0 atom stereocenters. The van der Waals surface area contributed by atoms with Crippen molar-refractivity contribution in [1.82, 2.24) is 4.98 Å². The van der Waals surface area contributed by atoms with Gasteiger partial charge in [0.1, 0.15) is 0 Å². The monoisotopic (exact) mass is 523 g/mol. The molecular weight excluding hydrogens is 494 g/mol. The summed E-state index contributed by atoms with van der Waals surface area (Å²) in [6.45, 7) is 14.4. The van der Waals surface area contributed by atoms with Gasteiger partial charge in [-0.1, -0.05) is 80.8 Å². The second-order valence-electron chi connectivity index (χ2n) is 6.49. The molecule has 2 heteroatoms. The smallest absolute Gasteiger partial charge is 0.0153 e. The van der Waals surface area contributed by atoms with Crippen LogP contribution >= 0.6 is 0 Å². The third kappa shape index (κ3) is 6.86. The zero-order chi connectivity index (χ0) is 18.1. The number of hydrogen-bond acceptors (Lipinski definition) is 1. The topological polar surface area (TPSA) is 12.9 Å². The first kappa shape index (κ1) is 22.3. The van der Waals surface area contributed by atoms with Crippen LogP contribution in [0.3, 0.4) is 0 Å². The molecule has 2 aromatic rings.